The van der Waals surface area contributed by atoms with E-state index in [1.807, 2.05) is 42.2 Å². The van der Waals surface area contributed by atoms with Crippen molar-refractivity contribution in [3.8, 4) is 5.75 Å². The number of likely N-dealkylation sites (tertiary alicyclic amines) is 2. The van der Waals surface area contributed by atoms with Crippen molar-refractivity contribution in [3.05, 3.63) is 53.5 Å². The van der Waals surface area contributed by atoms with Gasteiger partial charge in [-0.1, -0.05) is 19.1 Å². The van der Waals surface area contributed by atoms with Gasteiger partial charge in [0.15, 0.2) is 0 Å². The van der Waals surface area contributed by atoms with Crippen molar-refractivity contribution in [2.45, 2.75) is 64.4 Å². The number of ether oxygens (including phenoxy) is 1. The van der Waals surface area contributed by atoms with Gasteiger partial charge in [-0.05, 0) is 76.3 Å². The molecule has 1 atom stereocenters. The van der Waals surface area contributed by atoms with Crippen LogP contribution in [-0.4, -0.2) is 54.5 Å². The summed E-state index contributed by atoms with van der Waals surface area (Å²) in [5.74, 6) is 3.38. The molecular formula is C26H36N2O3. The fourth-order valence-corrected chi connectivity index (χ4v) is 4.68. The molecule has 0 aliphatic carbocycles. The fraction of sp³-hybridized carbons (Fsp3) is 0.577. The summed E-state index contributed by atoms with van der Waals surface area (Å²) >= 11 is 0. The number of amides is 1. The molecule has 0 radical (unpaired) electrons. The molecule has 0 unspecified atom stereocenters. The van der Waals surface area contributed by atoms with Crippen LogP contribution < -0.4 is 4.74 Å². The second-order valence-electron chi connectivity index (χ2n) is 9.15. The fourth-order valence-electron chi connectivity index (χ4n) is 4.68. The zero-order valence-electron chi connectivity index (χ0n) is 19.0. The molecule has 2 aromatic rings. The van der Waals surface area contributed by atoms with E-state index in [2.05, 4.69) is 17.9 Å². The first-order chi connectivity index (χ1) is 15.1. The average molecular weight is 425 g/mol. The number of aryl methyl sites for hydroxylation is 1. The quantitative estimate of drug-likeness (QED) is 0.609. The first kappa shape index (κ1) is 21.9. The van der Waals surface area contributed by atoms with Gasteiger partial charge in [0.25, 0.3) is 5.91 Å². The molecule has 168 valence electrons. The minimum atomic E-state index is 0.120. The first-order valence-electron chi connectivity index (χ1n) is 11.9. The van der Waals surface area contributed by atoms with Crippen LogP contribution in [0.25, 0.3) is 0 Å². The summed E-state index contributed by atoms with van der Waals surface area (Å²) in [5, 5.41) is 0. The van der Waals surface area contributed by atoms with Gasteiger partial charge >= 0.3 is 0 Å². The number of furan rings is 1. The SMILES string of the molecule is Cc1ccc([C@H](C)CCN2CCC(Oc3ccccc3C(=O)N3CCCCC3)CC2)o1. The molecule has 5 nitrogen and oxygen atoms in total. The van der Waals surface area contributed by atoms with Crippen LogP contribution in [0.4, 0.5) is 0 Å². The van der Waals surface area contributed by atoms with Gasteiger partial charge in [-0.25, -0.2) is 0 Å². The molecule has 0 N–H and O–H groups in total. The van der Waals surface area contributed by atoms with E-state index < -0.39 is 0 Å². The van der Waals surface area contributed by atoms with Gasteiger partial charge in [-0.2, -0.15) is 0 Å². The van der Waals surface area contributed by atoms with E-state index in [9.17, 15) is 4.79 Å². The average Bonchev–Trinajstić information content (AvgIpc) is 3.25. The molecule has 2 fully saturated rings. The van der Waals surface area contributed by atoms with Crippen LogP contribution in [0.1, 0.15) is 73.2 Å². The molecule has 3 heterocycles. The Kier molecular flexibility index (Phi) is 7.33. The molecule has 0 saturated carbocycles. The van der Waals surface area contributed by atoms with E-state index in [0.717, 1.165) is 87.7 Å². The highest BCUT2D eigenvalue weighted by Gasteiger charge is 2.25. The van der Waals surface area contributed by atoms with Crippen molar-refractivity contribution < 1.29 is 13.9 Å². The Balaban J connectivity index is 1.27. The van der Waals surface area contributed by atoms with Crippen molar-refractivity contribution in [2.75, 3.05) is 32.7 Å². The molecule has 1 aromatic heterocycles. The van der Waals surface area contributed by atoms with Crippen LogP contribution in [0, 0.1) is 6.92 Å². The highest BCUT2D eigenvalue weighted by molar-refractivity contribution is 5.97. The molecule has 0 bridgehead atoms. The maximum Gasteiger partial charge on any atom is 0.257 e. The van der Waals surface area contributed by atoms with Gasteiger partial charge in [0.2, 0.25) is 0 Å². The van der Waals surface area contributed by atoms with Crippen molar-refractivity contribution >= 4 is 5.91 Å². The van der Waals surface area contributed by atoms with Crippen molar-refractivity contribution in [3.63, 3.8) is 0 Å². The normalized spacial score (nSPS) is 19.4. The summed E-state index contributed by atoms with van der Waals surface area (Å²) in [4.78, 5) is 17.5. The van der Waals surface area contributed by atoms with Crippen LogP contribution in [0.5, 0.6) is 5.75 Å². The van der Waals surface area contributed by atoms with Gasteiger partial charge in [0.1, 0.15) is 23.4 Å². The van der Waals surface area contributed by atoms with Crippen LogP contribution >= 0.6 is 0 Å². The largest absolute Gasteiger partial charge is 0.489 e. The summed E-state index contributed by atoms with van der Waals surface area (Å²) < 4.78 is 12.1. The number of carbonyl (C=O) groups is 1. The minimum absolute atomic E-state index is 0.120. The van der Waals surface area contributed by atoms with Gasteiger partial charge in [-0.15, -0.1) is 0 Å². The number of benzene rings is 1. The Morgan fingerprint density at radius 1 is 1.06 bits per heavy atom. The maximum atomic E-state index is 13.0. The molecule has 0 spiro atoms. The Bertz CT molecular complexity index is 848. The monoisotopic (exact) mass is 424 g/mol. The Hall–Kier alpha value is -2.27. The van der Waals surface area contributed by atoms with E-state index in [4.69, 9.17) is 9.15 Å². The van der Waals surface area contributed by atoms with E-state index in [1.165, 1.54) is 6.42 Å². The minimum Gasteiger partial charge on any atom is -0.489 e. The van der Waals surface area contributed by atoms with Crippen molar-refractivity contribution in [1.29, 1.82) is 0 Å². The summed E-state index contributed by atoms with van der Waals surface area (Å²) in [7, 11) is 0. The molecular weight excluding hydrogens is 388 g/mol. The number of para-hydroxylation sites is 1. The van der Waals surface area contributed by atoms with E-state index >= 15 is 0 Å². The third-order valence-electron chi connectivity index (χ3n) is 6.71. The zero-order valence-corrected chi connectivity index (χ0v) is 19.0. The highest BCUT2D eigenvalue weighted by Crippen LogP contribution is 2.27. The number of hydrogen-bond acceptors (Lipinski definition) is 4. The van der Waals surface area contributed by atoms with Gasteiger partial charge in [0, 0.05) is 32.1 Å². The molecule has 31 heavy (non-hydrogen) atoms. The predicted octanol–water partition coefficient (Wildman–Crippen LogP) is 5.25. The number of piperidine rings is 2. The van der Waals surface area contributed by atoms with E-state index in [0.29, 0.717) is 5.92 Å². The second-order valence-corrected chi connectivity index (χ2v) is 9.15. The zero-order chi connectivity index (χ0) is 21.6. The van der Waals surface area contributed by atoms with E-state index in [-0.39, 0.29) is 12.0 Å². The lowest BCUT2D eigenvalue weighted by atomic mass is 10.0. The first-order valence-corrected chi connectivity index (χ1v) is 11.9. The Labute approximate surface area is 186 Å². The summed E-state index contributed by atoms with van der Waals surface area (Å²) in [6.45, 7) is 9.12. The highest BCUT2D eigenvalue weighted by atomic mass is 16.5. The van der Waals surface area contributed by atoms with E-state index in [1.54, 1.807) is 0 Å². The summed E-state index contributed by atoms with van der Waals surface area (Å²) in [5.41, 5.74) is 0.717. The predicted molar refractivity (Wildman–Crippen MR) is 123 cm³/mol. The number of hydrogen-bond donors (Lipinski definition) is 0. The lowest BCUT2D eigenvalue weighted by Crippen LogP contribution is -2.39. The molecule has 2 saturated heterocycles. The lowest BCUT2D eigenvalue weighted by molar-refractivity contribution is 0.0703. The standard InChI is InChI=1S/C26H36N2O3/c1-20(24-11-10-21(2)30-24)12-17-27-18-13-22(14-19-27)31-25-9-5-4-8-23(25)26(29)28-15-6-3-7-16-28/h4-5,8-11,20,22H,3,6-7,12-19H2,1-2H3/t20-/m1/s1. The van der Waals surface area contributed by atoms with Crippen LogP contribution in [0.3, 0.4) is 0 Å². The molecule has 4 rings (SSSR count). The van der Waals surface area contributed by atoms with Gasteiger partial charge in [-0.3, -0.25) is 4.79 Å². The van der Waals surface area contributed by atoms with Crippen LogP contribution in [0.2, 0.25) is 0 Å². The second kappa shape index (κ2) is 10.4. The van der Waals surface area contributed by atoms with Crippen LogP contribution in [0.15, 0.2) is 40.8 Å². The van der Waals surface area contributed by atoms with Crippen LogP contribution in [-0.2, 0) is 0 Å². The topological polar surface area (TPSA) is 45.9 Å². The smallest absolute Gasteiger partial charge is 0.257 e. The molecule has 1 amide bonds. The number of rotatable bonds is 7. The van der Waals surface area contributed by atoms with Crippen molar-refractivity contribution in [1.82, 2.24) is 9.80 Å². The van der Waals surface area contributed by atoms with Gasteiger partial charge in [0.05, 0.1) is 5.56 Å². The molecule has 5 heteroatoms. The lowest BCUT2D eigenvalue weighted by Gasteiger charge is -2.33. The van der Waals surface area contributed by atoms with Gasteiger partial charge < -0.3 is 19.0 Å². The number of carbonyl (C=O) groups excluding carboxylic acids is 1. The van der Waals surface area contributed by atoms with Crippen molar-refractivity contribution in [2.24, 2.45) is 0 Å². The number of nitrogens with zero attached hydrogens (tertiary/aromatic N) is 2. The Morgan fingerprint density at radius 2 is 1.81 bits per heavy atom. The maximum absolute atomic E-state index is 13.0. The third kappa shape index (κ3) is 5.70. The third-order valence-corrected chi connectivity index (χ3v) is 6.71. The molecule has 2 aliphatic heterocycles. The Morgan fingerprint density at radius 3 is 2.52 bits per heavy atom. The summed E-state index contributed by atoms with van der Waals surface area (Å²) in [6.07, 6.45) is 6.71. The summed E-state index contributed by atoms with van der Waals surface area (Å²) in [6, 6.07) is 11.9. The molecule has 2 aliphatic rings. The molecule has 1 aromatic carbocycles.